The summed E-state index contributed by atoms with van der Waals surface area (Å²) in [6.07, 6.45) is 1.81. The summed E-state index contributed by atoms with van der Waals surface area (Å²) in [6.45, 7) is 2.73. The molecular weight excluding hydrogens is 708 g/mol. The van der Waals surface area contributed by atoms with Gasteiger partial charge in [0.15, 0.2) is 5.17 Å². The minimum Gasteiger partial charge on any atom is -0.494 e. The molecule has 0 atom stereocenters. The average Bonchev–Trinajstić information content (AvgIpc) is 3.18. The molecule has 3 aromatic carbocycles. The average molecular weight is 727 g/mol. The van der Waals surface area contributed by atoms with Gasteiger partial charge in [-0.1, -0.05) is 12.1 Å². The summed E-state index contributed by atoms with van der Waals surface area (Å²) < 4.78 is 13.1. The molecule has 1 aliphatic rings. The van der Waals surface area contributed by atoms with E-state index in [0.29, 0.717) is 28.0 Å². The number of non-ortho nitro benzene ring substituents is 1. The van der Waals surface area contributed by atoms with Crippen LogP contribution in [-0.2, 0) is 11.4 Å². The number of nitro groups is 1. The van der Waals surface area contributed by atoms with E-state index in [9.17, 15) is 14.9 Å². The molecule has 1 amide bonds. The van der Waals surface area contributed by atoms with E-state index in [1.54, 1.807) is 12.1 Å². The largest absolute Gasteiger partial charge is 0.494 e. The highest BCUT2D eigenvalue weighted by atomic mass is 127. The maximum Gasteiger partial charge on any atom is 0.269 e. The topological polar surface area (TPSA) is 103 Å². The molecule has 0 bridgehead atoms. The number of nitrogens with zero attached hydrogens (tertiary/aromatic N) is 2. The van der Waals surface area contributed by atoms with Crippen LogP contribution in [0.25, 0.3) is 6.08 Å². The number of nitro benzene ring substituents is 1. The van der Waals surface area contributed by atoms with Crippen molar-refractivity contribution in [2.45, 2.75) is 13.5 Å². The quantitative estimate of drug-likeness (QED) is 0.120. The smallest absolute Gasteiger partial charge is 0.269 e. The molecule has 3 aromatic rings. The fourth-order valence-corrected chi connectivity index (χ4v) is 6.22. The third kappa shape index (κ3) is 6.76. The van der Waals surface area contributed by atoms with Crippen LogP contribution >= 0.6 is 56.9 Å². The third-order valence-corrected chi connectivity index (χ3v) is 7.36. The third-order valence-electron chi connectivity index (χ3n) is 4.85. The van der Waals surface area contributed by atoms with E-state index in [-0.39, 0.29) is 18.2 Å². The van der Waals surface area contributed by atoms with E-state index < -0.39 is 4.92 Å². The number of hydrogen-bond donors (Lipinski definition) is 1. The van der Waals surface area contributed by atoms with Crippen LogP contribution in [0.5, 0.6) is 11.5 Å². The highest BCUT2D eigenvalue weighted by Gasteiger charge is 2.24. The molecule has 1 N–H and O–H groups in total. The molecule has 0 radical (unpaired) electrons. The van der Waals surface area contributed by atoms with Gasteiger partial charge in [0, 0.05) is 12.1 Å². The number of rotatable bonds is 8. The summed E-state index contributed by atoms with van der Waals surface area (Å²) in [5, 5.41) is 14.3. The Morgan fingerprint density at radius 3 is 2.47 bits per heavy atom. The van der Waals surface area contributed by atoms with Crippen LogP contribution in [0.1, 0.15) is 18.1 Å². The Labute approximate surface area is 239 Å². The molecule has 0 spiro atoms. The zero-order chi connectivity index (χ0) is 25.7. The lowest BCUT2D eigenvalue weighted by Gasteiger charge is -2.11. The van der Waals surface area contributed by atoms with Gasteiger partial charge < -0.3 is 14.8 Å². The van der Waals surface area contributed by atoms with Crippen LogP contribution in [0.4, 0.5) is 11.4 Å². The normalized spacial score (nSPS) is 15.2. The number of amidine groups is 1. The van der Waals surface area contributed by atoms with Crippen molar-refractivity contribution in [1.29, 1.82) is 0 Å². The second-order valence-electron chi connectivity index (χ2n) is 7.44. The van der Waals surface area contributed by atoms with Crippen molar-refractivity contribution in [1.82, 2.24) is 5.32 Å². The minimum absolute atomic E-state index is 0.0280. The van der Waals surface area contributed by atoms with Crippen LogP contribution in [0.15, 0.2) is 70.6 Å². The zero-order valence-corrected chi connectivity index (χ0v) is 24.0. The molecule has 8 nitrogen and oxygen atoms in total. The Morgan fingerprint density at radius 1 is 1.08 bits per heavy atom. The molecule has 4 rings (SSSR count). The Kier molecular flexibility index (Phi) is 8.85. The van der Waals surface area contributed by atoms with Gasteiger partial charge in [-0.05, 0) is 117 Å². The molecule has 0 saturated carbocycles. The van der Waals surface area contributed by atoms with Crippen molar-refractivity contribution in [2.24, 2.45) is 4.99 Å². The van der Waals surface area contributed by atoms with Gasteiger partial charge in [-0.2, -0.15) is 0 Å². The number of carbonyl (C=O) groups is 1. The molecule has 0 aliphatic carbocycles. The molecule has 36 heavy (non-hydrogen) atoms. The number of ether oxygens (including phenoxy) is 2. The lowest BCUT2D eigenvalue weighted by Crippen LogP contribution is -2.19. The summed E-state index contributed by atoms with van der Waals surface area (Å²) in [4.78, 5) is 28.1. The summed E-state index contributed by atoms with van der Waals surface area (Å²) in [5.41, 5.74) is 2.31. The van der Waals surface area contributed by atoms with Gasteiger partial charge in [0.25, 0.3) is 11.6 Å². The SMILES string of the molecule is CCOc1ccc(N=C2NC(=O)/C(=C\c3cc(I)c(OCc4cccc([N+](=O)[O-])c4)c(I)c3)S2)cc1. The highest BCUT2D eigenvalue weighted by molar-refractivity contribution is 14.1. The van der Waals surface area contributed by atoms with Gasteiger partial charge in [0.2, 0.25) is 0 Å². The molecule has 1 saturated heterocycles. The number of halogens is 2. The van der Waals surface area contributed by atoms with Crippen LogP contribution in [0.3, 0.4) is 0 Å². The number of benzene rings is 3. The van der Waals surface area contributed by atoms with Gasteiger partial charge >= 0.3 is 0 Å². The second kappa shape index (κ2) is 12.1. The Hall–Kier alpha value is -2.65. The predicted octanol–water partition coefficient (Wildman–Crippen LogP) is 6.67. The molecular formula is C25H19I2N3O5S. The van der Waals surface area contributed by atoms with Crippen LogP contribution in [0, 0.1) is 17.3 Å². The van der Waals surface area contributed by atoms with Gasteiger partial charge in [0.1, 0.15) is 18.1 Å². The van der Waals surface area contributed by atoms with Crippen molar-refractivity contribution < 1.29 is 19.2 Å². The second-order valence-corrected chi connectivity index (χ2v) is 10.8. The summed E-state index contributed by atoms with van der Waals surface area (Å²) in [7, 11) is 0. The van der Waals surface area contributed by atoms with Crippen LogP contribution in [-0.4, -0.2) is 22.6 Å². The van der Waals surface area contributed by atoms with Crippen molar-refractivity contribution in [2.75, 3.05) is 6.61 Å². The van der Waals surface area contributed by atoms with Gasteiger partial charge in [-0.25, -0.2) is 4.99 Å². The first-order valence-electron chi connectivity index (χ1n) is 10.7. The number of thioether (sulfide) groups is 1. The van der Waals surface area contributed by atoms with Crippen molar-refractivity contribution in [3.63, 3.8) is 0 Å². The van der Waals surface area contributed by atoms with E-state index >= 15 is 0 Å². The summed E-state index contributed by atoms with van der Waals surface area (Å²) in [5.74, 6) is 1.25. The van der Waals surface area contributed by atoms with Crippen molar-refractivity contribution >= 4 is 85.5 Å². The predicted molar refractivity (Wildman–Crippen MR) is 158 cm³/mol. The number of nitrogens with one attached hydrogen (secondary N) is 1. The van der Waals surface area contributed by atoms with Crippen LogP contribution in [0.2, 0.25) is 0 Å². The van der Waals surface area contributed by atoms with Gasteiger partial charge in [0.05, 0.1) is 29.3 Å². The monoisotopic (exact) mass is 727 g/mol. The molecule has 0 unspecified atom stereocenters. The maximum absolute atomic E-state index is 12.5. The van der Waals surface area contributed by atoms with Crippen molar-refractivity contribution in [3.8, 4) is 11.5 Å². The lowest BCUT2D eigenvalue weighted by atomic mass is 10.2. The molecule has 0 aromatic heterocycles. The Balaban J connectivity index is 1.46. The number of aliphatic imine (C=N–C) groups is 1. The first-order valence-corrected chi connectivity index (χ1v) is 13.7. The first-order chi connectivity index (χ1) is 17.3. The van der Waals surface area contributed by atoms with E-state index in [1.165, 1.54) is 23.9 Å². The molecule has 1 aliphatic heterocycles. The van der Waals surface area contributed by atoms with Crippen LogP contribution < -0.4 is 14.8 Å². The fourth-order valence-electron chi connectivity index (χ4n) is 3.25. The molecule has 184 valence electrons. The number of carbonyl (C=O) groups excluding carboxylic acids is 1. The first kappa shape index (κ1) is 26.4. The van der Waals surface area contributed by atoms with Gasteiger partial charge in [-0.3, -0.25) is 14.9 Å². The Morgan fingerprint density at radius 2 is 1.81 bits per heavy atom. The standard InChI is InChI=1S/C25H19I2N3O5S/c1-2-34-19-8-6-17(7-9-19)28-25-29-24(31)22(36-25)13-16-11-20(26)23(21(27)12-16)35-14-15-4-3-5-18(10-15)30(32)33/h3-13H,2,14H2,1H3,(H,28,29,31)/b22-13+. The minimum atomic E-state index is -0.426. The van der Waals surface area contributed by atoms with E-state index in [1.807, 2.05) is 49.4 Å². The van der Waals surface area contributed by atoms with E-state index in [2.05, 4.69) is 55.5 Å². The van der Waals surface area contributed by atoms with Gasteiger partial charge in [-0.15, -0.1) is 0 Å². The van der Waals surface area contributed by atoms with E-state index in [0.717, 1.165) is 24.1 Å². The fraction of sp³-hybridized carbons (Fsp3) is 0.120. The Bertz CT molecular complexity index is 1350. The lowest BCUT2D eigenvalue weighted by molar-refractivity contribution is -0.384. The van der Waals surface area contributed by atoms with Crippen molar-refractivity contribution in [3.05, 3.63) is 94.0 Å². The van der Waals surface area contributed by atoms with E-state index in [4.69, 9.17) is 9.47 Å². The maximum atomic E-state index is 12.5. The molecule has 1 fully saturated rings. The highest BCUT2D eigenvalue weighted by Crippen LogP contribution is 2.33. The number of hydrogen-bond acceptors (Lipinski definition) is 7. The molecule has 11 heteroatoms. The zero-order valence-electron chi connectivity index (χ0n) is 18.9. The summed E-state index contributed by atoms with van der Waals surface area (Å²) in [6, 6.07) is 17.6. The number of amides is 1. The summed E-state index contributed by atoms with van der Waals surface area (Å²) >= 11 is 5.64. The molecule has 1 heterocycles.